The van der Waals surface area contributed by atoms with Gasteiger partial charge in [-0.25, -0.2) is 4.98 Å². The smallest absolute Gasteiger partial charge is 0.230 e. The van der Waals surface area contributed by atoms with E-state index in [0.29, 0.717) is 5.75 Å². The maximum Gasteiger partial charge on any atom is 0.230 e. The molecule has 0 spiro atoms. The first-order valence-electron chi connectivity index (χ1n) is 7.13. The van der Waals surface area contributed by atoms with Crippen LogP contribution in [0.1, 0.15) is 32.1 Å². The van der Waals surface area contributed by atoms with Crippen molar-refractivity contribution >= 4 is 17.7 Å². The summed E-state index contributed by atoms with van der Waals surface area (Å²) in [4.78, 5) is 16.3. The highest BCUT2D eigenvalue weighted by atomic mass is 32.2. The Kier molecular flexibility index (Phi) is 5.91. The fraction of sp³-hybridized carbons (Fsp3) is 0.714. The van der Waals surface area contributed by atoms with Crippen molar-refractivity contribution in [1.29, 1.82) is 0 Å². The standard InChI is InChI=1S/C14H23N3O2S/c1-17-9-8-15-14(17)20-10-13(18)16-11-6-4-3-5-7-12(11)19-2/h8-9,11-12H,3-7,10H2,1-2H3,(H,16,18)/t11-,12-/m0/s1. The summed E-state index contributed by atoms with van der Waals surface area (Å²) < 4.78 is 7.43. The lowest BCUT2D eigenvalue weighted by Crippen LogP contribution is -2.44. The molecule has 0 saturated heterocycles. The van der Waals surface area contributed by atoms with E-state index in [0.717, 1.165) is 24.4 Å². The minimum atomic E-state index is 0.0620. The Morgan fingerprint density at radius 2 is 2.30 bits per heavy atom. The lowest BCUT2D eigenvalue weighted by atomic mass is 10.1. The van der Waals surface area contributed by atoms with Gasteiger partial charge in [0.25, 0.3) is 0 Å². The second kappa shape index (κ2) is 7.69. The highest BCUT2D eigenvalue weighted by Crippen LogP contribution is 2.21. The third-order valence-electron chi connectivity index (χ3n) is 3.71. The first-order chi connectivity index (χ1) is 9.70. The van der Waals surface area contributed by atoms with Crippen LogP contribution in [0.2, 0.25) is 0 Å². The molecule has 0 bridgehead atoms. The maximum atomic E-state index is 12.1. The molecule has 0 aromatic carbocycles. The molecule has 0 aliphatic heterocycles. The van der Waals surface area contributed by atoms with Crippen LogP contribution in [-0.4, -0.2) is 40.5 Å². The number of hydrogen-bond donors (Lipinski definition) is 1. The Morgan fingerprint density at radius 3 is 3.00 bits per heavy atom. The van der Waals surface area contributed by atoms with Crippen molar-refractivity contribution in [2.24, 2.45) is 7.05 Å². The van der Waals surface area contributed by atoms with Crippen LogP contribution in [0.4, 0.5) is 0 Å². The van der Waals surface area contributed by atoms with Gasteiger partial charge in [-0.1, -0.05) is 31.0 Å². The summed E-state index contributed by atoms with van der Waals surface area (Å²) in [6, 6.07) is 0.150. The van der Waals surface area contributed by atoms with Crippen molar-refractivity contribution in [2.75, 3.05) is 12.9 Å². The Hall–Kier alpha value is -1.01. The number of methoxy groups -OCH3 is 1. The van der Waals surface area contributed by atoms with E-state index in [1.807, 2.05) is 17.8 Å². The summed E-state index contributed by atoms with van der Waals surface area (Å²) in [6.07, 6.45) is 9.41. The molecule has 112 valence electrons. The van der Waals surface area contributed by atoms with E-state index in [2.05, 4.69) is 10.3 Å². The molecular formula is C14H23N3O2S. The van der Waals surface area contributed by atoms with E-state index in [4.69, 9.17) is 4.74 Å². The molecule has 1 aliphatic rings. The van der Waals surface area contributed by atoms with E-state index in [-0.39, 0.29) is 18.1 Å². The summed E-state index contributed by atoms with van der Waals surface area (Å²) in [5, 5.41) is 3.99. The van der Waals surface area contributed by atoms with E-state index < -0.39 is 0 Å². The average molecular weight is 297 g/mol. The third kappa shape index (κ3) is 4.24. The first kappa shape index (κ1) is 15.4. The SMILES string of the molecule is CO[C@H]1CCCCC[C@@H]1NC(=O)CSc1nccn1C. The van der Waals surface area contributed by atoms with Gasteiger partial charge in [0.2, 0.25) is 5.91 Å². The molecule has 6 heteroatoms. The molecular weight excluding hydrogens is 274 g/mol. The van der Waals surface area contributed by atoms with E-state index in [9.17, 15) is 4.79 Å². The maximum absolute atomic E-state index is 12.1. The Labute approximate surface area is 124 Å². The van der Waals surface area contributed by atoms with Crippen LogP contribution in [-0.2, 0) is 16.6 Å². The monoisotopic (exact) mass is 297 g/mol. The first-order valence-corrected chi connectivity index (χ1v) is 8.11. The number of aryl methyl sites for hydroxylation is 1. The topological polar surface area (TPSA) is 56.1 Å². The number of amides is 1. The molecule has 20 heavy (non-hydrogen) atoms. The number of nitrogens with zero attached hydrogens (tertiary/aromatic N) is 2. The summed E-state index contributed by atoms with van der Waals surface area (Å²) in [7, 11) is 3.66. The number of nitrogens with one attached hydrogen (secondary N) is 1. The zero-order valence-electron chi connectivity index (χ0n) is 12.2. The largest absolute Gasteiger partial charge is 0.379 e. The van der Waals surface area contributed by atoms with Crippen LogP contribution in [0.3, 0.4) is 0 Å². The van der Waals surface area contributed by atoms with Gasteiger partial charge >= 0.3 is 0 Å². The second-order valence-corrected chi connectivity index (χ2v) is 6.14. The Morgan fingerprint density at radius 1 is 1.50 bits per heavy atom. The molecule has 2 rings (SSSR count). The number of aromatic nitrogens is 2. The van der Waals surface area contributed by atoms with Gasteiger partial charge in [0.05, 0.1) is 17.9 Å². The number of hydrogen-bond acceptors (Lipinski definition) is 4. The van der Waals surface area contributed by atoms with Gasteiger partial charge in [-0.05, 0) is 12.8 Å². The Balaban J connectivity index is 1.82. The van der Waals surface area contributed by atoms with Gasteiger partial charge in [0, 0.05) is 26.6 Å². The van der Waals surface area contributed by atoms with Crippen LogP contribution in [0.25, 0.3) is 0 Å². The quantitative estimate of drug-likeness (QED) is 0.667. The second-order valence-electron chi connectivity index (χ2n) is 5.20. The summed E-state index contributed by atoms with van der Waals surface area (Å²) >= 11 is 1.46. The molecule has 1 aliphatic carbocycles. The van der Waals surface area contributed by atoms with Crippen LogP contribution >= 0.6 is 11.8 Å². The predicted octanol–water partition coefficient (Wildman–Crippen LogP) is 1.98. The normalized spacial score (nSPS) is 23.3. The molecule has 1 aromatic rings. The van der Waals surface area contributed by atoms with E-state index in [1.165, 1.54) is 24.6 Å². The average Bonchev–Trinajstić information content (AvgIpc) is 2.71. The zero-order valence-corrected chi connectivity index (χ0v) is 13.0. The molecule has 1 amide bonds. The number of carbonyl (C=O) groups excluding carboxylic acids is 1. The Bertz CT molecular complexity index is 436. The molecule has 1 N–H and O–H groups in total. The molecule has 1 fully saturated rings. The predicted molar refractivity (Wildman–Crippen MR) is 79.7 cm³/mol. The third-order valence-corrected chi connectivity index (χ3v) is 4.77. The van der Waals surface area contributed by atoms with Crippen LogP contribution in [0, 0.1) is 0 Å². The lowest BCUT2D eigenvalue weighted by Gasteiger charge is -2.24. The van der Waals surface area contributed by atoms with Crippen molar-refractivity contribution in [3.05, 3.63) is 12.4 Å². The minimum absolute atomic E-state index is 0.0620. The highest BCUT2D eigenvalue weighted by molar-refractivity contribution is 7.99. The molecule has 0 unspecified atom stereocenters. The number of rotatable bonds is 5. The minimum Gasteiger partial charge on any atom is -0.379 e. The molecule has 1 heterocycles. The number of ether oxygens (including phenoxy) is 1. The highest BCUT2D eigenvalue weighted by Gasteiger charge is 2.24. The van der Waals surface area contributed by atoms with Gasteiger partial charge in [0.1, 0.15) is 0 Å². The fourth-order valence-electron chi connectivity index (χ4n) is 2.59. The summed E-state index contributed by atoms with van der Waals surface area (Å²) in [6.45, 7) is 0. The van der Waals surface area contributed by atoms with Crippen molar-refractivity contribution in [2.45, 2.75) is 49.4 Å². The van der Waals surface area contributed by atoms with Crippen LogP contribution in [0.15, 0.2) is 17.6 Å². The lowest BCUT2D eigenvalue weighted by molar-refractivity contribution is -0.120. The van der Waals surface area contributed by atoms with Gasteiger partial charge in [-0.2, -0.15) is 0 Å². The molecule has 5 nitrogen and oxygen atoms in total. The van der Waals surface area contributed by atoms with Gasteiger partial charge in [0.15, 0.2) is 5.16 Å². The van der Waals surface area contributed by atoms with E-state index >= 15 is 0 Å². The van der Waals surface area contributed by atoms with Crippen molar-refractivity contribution < 1.29 is 9.53 Å². The van der Waals surface area contributed by atoms with Gasteiger partial charge in [-0.3, -0.25) is 4.79 Å². The van der Waals surface area contributed by atoms with Crippen molar-refractivity contribution in [3.8, 4) is 0 Å². The molecule has 1 aromatic heterocycles. The number of thioether (sulfide) groups is 1. The zero-order chi connectivity index (χ0) is 14.4. The van der Waals surface area contributed by atoms with Crippen LogP contribution in [0.5, 0.6) is 0 Å². The molecule has 0 radical (unpaired) electrons. The van der Waals surface area contributed by atoms with Crippen molar-refractivity contribution in [3.63, 3.8) is 0 Å². The fourth-order valence-corrected chi connectivity index (χ4v) is 3.33. The summed E-state index contributed by atoms with van der Waals surface area (Å²) in [5.74, 6) is 0.463. The molecule has 1 saturated carbocycles. The van der Waals surface area contributed by atoms with Gasteiger partial charge < -0.3 is 14.6 Å². The van der Waals surface area contributed by atoms with Crippen molar-refractivity contribution in [1.82, 2.24) is 14.9 Å². The molecule has 2 atom stereocenters. The number of carbonyl (C=O) groups is 1. The van der Waals surface area contributed by atoms with Gasteiger partial charge in [-0.15, -0.1) is 0 Å². The summed E-state index contributed by atoms with van der Waals surface area (Å²) in [5.41, 5.74) is 0. The number of imidazole rings is 1. The van der Waals surface area contributed by atoms with E-state index in [1.54, 1.807) is 13.3 Å². The van der Waals surface area contributed by atoms with Crippen LogP contribution < -0.4 is 5.32 Å².